The van der Waals surface area contributed by atoms with E-state index < -0.39 is 4.92 Å². The minimum Gasteiger partial charge on any atom is -0.376 e. The summed E-state index contributed by atoms with van der Waals surface area (Å²) in [4.78, 5) is 27.0. The molecule has 0 bridgehead atoms. The molecule has 0 saturated carbocycles. The van der Waals surface area contributed by atoms with Crippen molar-refractivity contribution in [3.8, 4) is 10.6 Å². The molecule has 24 heavy (non-hydrogen) atoms. The monoisotopic (exact) mass is 347 g/mol. The maximum atomic E-state index is 12.3. The Kier molecular flexibility index (Phi) is 4.86. The van der Waals surface area contributed by atoms with Gasteiger partial charge in [0.2, 0.25) is 0 Å². The lowest BCUT2D eigenvalue weighted by atomic mass is 10.1. The zero-order chi connectivity index (χ0) is 17.1. The van der Waals surface area contributed by atoms with Crippen LogP contribution in [0.25, 0.3) is 10.6 Å². The molecule has 7 nitrogen and oxygen atoms in total. The van der Waals surface area contributed by atoms with Crippen LogP contribution in [0.3, 0.4) is 0 Å². The Labute approximate surface area is 142 Å². The molecule has 126 valence electrons. The van der Waals surface area contributed by atoms with Crippen LogP contribution in [0, 0.1) is 10.1 Å². The Bertz CT molecular complexity index is 755. The number of aromatic nitrogens is 1. The summed E-state index contributed by atoms with van der Waals surface area (Å²) in [6, 6.07) is 6.14. The molecule has 2 aromatic rings. The Morgan fingerprint density at radius 3 is 3.08 bits per heavy atom. The van der Waals surface area contributed by atoms with Crippen molar-refractivity contribution < 1.29 is 14.5 Å². The first-order valence-electron chi connectivity index (χ1n) is 7.67. The topological polar surface area (TPSA) is 94.4 Å². The van der Waals surface area contributed by atoms with Gasteiger partial charge in [0.1, 0.15) is 10.7 Å². The number of carbonyl (C=O) groups excluding carboxylic acids is 1. The fourth-order valence-electron chi connectivity index (χ4n) is 2.63. The number of thiazole rings is 1. The van der Waals surface area contributed by atoms with E-state index in [2.05, 4.69) is 10.3 Å². The molecule has 0 radical (unpaired) electrons. The van der Waals surface area contributed by atoms with Gasteiger partial charge in [-0.3, -0.25) is 14.9 Å². The van der Waals surface area contributed by atoms with E-state index in [9.17, 15) is 14.9 Å². The molecule has 1 saturated heterocycles. The largest absolute Gasteiger partial charge is 0.376 e. The number of rotatable bonds is 5. The van der Waals surface area contributed by atoms with Gasteiger partial charge in [-0.05, 0) is 19.8 Å². The van der Waals surface area contributed by atoms with E-state index >= 15 is 0 Å². The smallest absolute Gasteiger partial charge is 0.271 e. The Hall–Kier alpha value is -2.32. The molecule has 1 amide bonds. The summed E-state index contributed by atoms with van der Waals surface area (Å²) in [6.45, 7) is 2.65. The van der Waals surface area contributed by atoms with Crippen molar-refractivity contribution in [2.24, 2.45) is 0 Å². The van der Waals surface area contributed by atoms with Crippen molar-refractivity contribution in [1.82, 2.24) is 10.3 Å². The quantitative estimate of drug-likeness (QED) is 0.663. The highest BCUT2D eigenvalue weighted by molar-refractivity contribution is 7.13. The van der Waals surface area contributed by atoms with Crippen molar-refractivity contribution >= 4 is 22.9 Å². The van der Waals surface area contributed by atoms with Gasteiger partial charge in [0.05, 0.1) is 17.1 Å². The number of nitrogens with zero attached hydrogens (tertiary/aromatic N) is 2. The summed E-state index contributed by atoms with van der Waals surface area (Å²) in [7, 11) is 0. The molecule has 1 N–H and O–H groups in total. The third kappa shape index (κ3) is 3.60. The Morgan fingerprint density at radius 1 is 1.54 bits per heavy atom. The van der Waals surface area contributed by atoms with Crippen LogP contribution >= 0.6 is 11.3 Å². The van der Waals surface area contributed by atoms with Crippen LogP contribution in [0.15, 0.2) is 29.6 Å². The Balaban J connectivity index is 1.71. The molecule has 0 aliphatic carbocycles. The van der Waals surface area contributed by atoms with Gasteiger partial charge < -0.3 is 10.1 Å². The van der Waals surface area contributed by atoms with Gasteiger partial charge in [-0.15, -0.1) is 11.3 Å². The molecule has 1 fully saturated rings. The number of nitro groups is 1. The first-order valence-corrected chi connectivity index (χ1v) is 8.55. The fourth-order valence-corrected chi connectivity index (χ4v) is 3.43. The van der Waals surface area contributed by atoms with Crippen LogP contribution in [-0.4, -0.2) is 34.6 Å². The predicted octanol–water partition coefficient (Wildman–Crippen LogP) is 3.02. The van der Waals surface area contributed by atoms with E-state index in [4.69, 9.17) is 4.74 Å². The van der Waals surface area contributed by atoms with Gasteiger partial charge in [0, 0.05) is 29.7 Å². The molecular formula is C16H17N3O4S. The second-order valence-electron chi connectivity index (χ2n) is 5.66. The highest BCUT2D eigenvalue weighted by Crippen LogP contribution is 2.27. The molecule has 0 spiro atoms. The van der Waals surface area contributed by atoms with Crippen molar-refractivity contribution in [2.45, 2.75) is 31.9 Å². The minimum atomic E-state index is -0.450. The zero-order valence-electron chi connectivity index (χ0n) is 13.1. The summed E-state index contributed by atoms with van der Waals surface area (Å²) < 4.78 is 5.57. The number of hydrogen-bond acceptors (Lipinski definition) is 6. The van der Waals surface area contributed by atoms with Gasteiger partial charge in [-0.2, -0.15) is 0 Å². The first-order chi connectivity index (χ1) is 11.5. The predicted molar refractivity (Wildman–Crippen MR) is 90.1 cm³/mol. The van der Waals surface area contributed by atoms with Crippen LogP contribution in [0.4, 0.5) is 5.69 Å². The second-order valence-corrected chi connectivity index (χ2v) is 6.52. The van der Waals surface area contributed by atoms with Crippen molar-refractivity contribution in [3.63, 3.8) is 0 Å². The molecular weight excluding hydrogens is 330 g/mol. The SMILES string of the molecule is C[C@@H](NC(=O)c1csc(-c2cccc([N+](=O)[O-])c2)n1)[C@@H]1CCCO1. The van der Waals surface area contributed by atoms with Gasteiger partial charge in [-0.25, -0.2) is 4.98 Å². The summed E-state index contributed by atoms with van der Waals surface area (Å²) >= 11 is 1.28. The molecule has 8 heteroatoms. The third-order valence-corrected chi connectivity index (χ3v) is 4.81. The van der Waals surface area contributed by atoms with Crippen molar-refractivity contribution in [2.75, 3.05) is 6.61 Å². The standard InChI is InChI=1S/C16H17N3O4S/c1-10(14-6-3-7-23-14)17-15(20)13-9-24-16(18-13)11-4-2-5-12(8-11)19(21)22/h2,4-5,8-10,14H,3,6-7H2,1H3,(H,17,20)/t10-,14+/m1/s1. The van der Waals surface area contributed by atoms with E-state index in [1.54, 1.807) is 17.5 Å². The lowest BCUT2D eigenvalue weighted by Crippen LogP contribution is -2.40. The van der Waals surface area contributed by atoms with E-state index in [0.29, 0.717) is 16.3 Å². The molecule has 1 aromatic heterocycles. The van der Waals surface area contributed by atoms with E-state index in [0.717, 1.165) is 19.4 Å². The lowest BCUT2D eigenvalue weighted by molar-refractivity contribution is -0.384. The van der Waals surface area contributed by atoms with Crippen LogP contribution in [-0.2, 0) is 4.74 Å². The van der Waals surface area contributed by atoms with Gasteiger partial charge in [0.25, 0.3) is 11.6 Å². The second kappa shape index (κ2) is 7.06. The highest BCUT2D eigenvalue weighted by Gasteiger charge is 2.24. The van der Waals surface area contributed by atoms with E-state index in [1.165, 1.54) is 23.5 Å². The zero-order valence-corrected chi connectivity index (χ0v) is 13.9. The third-order valence-electron chi connectivity index (χ3n) is 3.92. The maximum Gasteiger partial charge on any atom is 0.271 e. The average molecular weight is 347 g/mol. The van der Waals surface area contributed by atoms with Gasteiger partial charge in [0.15, 0.2) is 0 Å². The average Bonchev–Trinajstić information content (AvgIpc) is 3.26. The number of benzene rings is 1. The highest BCUT2D eigenvalue weighted by atomic mass is 32.1. The summed E-state index contributed by atoms with van der Waals surface area (Å²) in [5.74, 6) is -0.258. The first kappa shape index (κ1) is 16.5. The number of nitro benzene ring substituents is 1. The van der Waals surface area contributed by atoms with Crippen LogP contribution in [0.1, 0.15) is 30.3 Å². The van der Waals surface area contributed by atoms with Crippen LogP contribution in [0.2, 0.25) is 0 Å². The molecule has 0 unspecified atom stereocenters. The molecule has 2 heterocycles. The maximum absolute atomic E-state index is 12.3. The normalized spacial score (nSPS) is 18.3. The lowest BCUT2D eigenvalue weighted by Gasteiger charge is -2.19. The Morgan fingerprint density at radius 2 is 2.38 bits per heavy atom. The number of carbonyl (C=O) groups is 1. The molecule has 1 aromatic carbocycles. The van der Waals surface area contributed by atoms with Gasteiger partial charge in [-0.1, -0.05) is 12.1 Å². The number of hydrogen-bond donors (Lipinski definition) is 1. The molecule has 2 atom stereocenters. The molecule has 3 rings (SSSR count). The summed E-state index contributed by atoms with van der Waals surface area (Å²) in [6.07, 6.45) is 2.00. The van der Waals surface area contributed by atoms with Crippen molar-refractivity contribution in [1.29, 1.82) is 0 Å². The number of amides is 1. The number of nitrogens with one attached hydrogen (secondary N) is 1. The van der Waals surface area contributed by atoms with Crippen molar-refractivity contribution in [3.05, 3.63) is 45.5 Å². The van der Waals surface area contributed by atoms with Crippen LogP contribution in [0.5, 0.6) is 0 Å². The summed E-state index contributed by atoms with van der Waals surface area (Å²) in [5, 5.41) is 16.0. The van der Waals surface area contributed by atoms with E-state index in [-0.39, 0.29) is 23.7 Å². The molecule has 1 aliphatic heterocycles. The van der Waals surface area contributed by atoms with Crippen LogP contribution < -0.4 is 5.32 Å². The van der Waals surface area contributed by atoms with E-state index in [1.807, 2.05) is 6.92 Å². The number of non-ortho nitro benzene ring substituents is 1. The minimum absolute atomic E-state index is 0.000654. The molecule has 1 aliphatic rings. The van der Waals surface area contributed by atoms with Gasteiger partial charge >= 0.3 is 0 Å². The fraction of sp³-hybridized carbons (Fsp3) is 0.375. The number of ether oxygens (including phenoxy) is 1. The summed E-state index contributed by atoms with van der Waals surface area (Å²) in [5.41, 5.74) is 0.937.